The number of nitrogens with zero attached hydrogens (tertiary/aromatic N) is 2. The van der Waals surface area contributed by atoms with Crippen LogP contribution >= 0.6 is 11.3 Å². The number of nitrogen functional groups attached to an aromatic ring is 1. The zero-order valence-electron chi connectivity index (χ0n) is 8.84. The molecule has 0 aliphatic heterocycles. The molecule has 0 unspecified atom stereocenters. The first kappa shape index (κ1) is 9.42. The second kappa shape index (κ2) is 3.35. The molecule has 16 heavy (non-hydrogen) atoms. The Balaban J connectivity index is 2.36. The summed E-state index contributed by atoms with van der Waals surface area (Å²) in [5.74, 6) is 0.985. The molecule has 3 aromatic rings. The molecule has 3 rings (SSSR count). The lowest BCUT2D eigenvalue weighted by Crippen LogP contribution is -1.94. The van der Waals surface area contributed by atoms with Gasteiger partial charge in [0.1, 0.15) is 5.82 Å². The highest BCUT2D eigenvalue weighted by Gasteiger charge is 2.09. The molecule has 0 spiro atoms. The van der Waals surface area contributed by atoms with Crippen LogP contribution in [0.1, 0.15) is 5.82 Å². The third-order valence-corrected chi connectivity index (χ3v) is 3.28. The van der Waals surface area contributed by atoms with Crippen LogP contribution in [0, 0.1) is 6.92 Å². The van der Waals surface area contributed by atoms with Gasteiger partial charge in [0.05, 0.1) is 16.7 Å². The monoisotopic (exact) mass is 229 g/mol. The summed E-state index contributed by atoms with van der Waals surface area (Å²) < 4.78 is 2.14. The fourth-order valence-corrected chi connectivity index (χ4v) is 2.55. The smallest absolute Gasteiger partial charge is 0.111 e. The Morgan fingerprint density at radius 2 is 2.19 bits per heavy atom. The van der Waals surface area contributed by atoms with Crippen LogP contribution in [0.2, 0.25) is 0 Å². The zero-order valence-corrected chi connectivity index (χ0v) is 9.66. The highest BCUT2D eigenvalue weighted by atomic mass is 32.1. The van der Waals surface area contributed by atoms with Crippen molar-refractivity contribution in [3.8, 4) is 5.69 Å². The van der Waals surface area contributed by atoms with Crippen molar-refractivity contribution in [2.24, 2.45) is 0 Å². The summed E-state index contributed by atoms with van der Waals surface area (Å²) in [7, 11) is 0. The van der Waals surface area contributed by atoms with Crippen LogP contribution in [0.4, 0.5) is 5.69 Å². The third kappa shape index (κ3) is 1.31. The number of hydrogen-bond donors (Lipinski definition) is 1. The highest BCUT2D eigenvalue weighted by molar-refractivity contribution is 7.08. The predicted octanol–water partition coefficient (Wildman–Crippen LogP) is 2.98. The Hall–Kier alpha value is -1.81. The van der Waals surface area contributed by atoms with Gasteiger partial charge in [-0.1, -0.05) is 0 Å². The van der Waals surface area contributed by atoms with Crippen LogP contribution in [0.25, 0.3) is 16.7 Å². The molecule has 2 N–H and O–H groups in total. The summed E-state index contributed by atoms with van der Waals surface area (Å²) >= 11 is 1.68. The first-order valence-electron chi connectivity index (χ1n) is 5.03. The van der Waals surface area contributed by atoms with E-state index >= 15 is 0 Å². The van der Waals surface area contributed by atoms with Gasteiger partial charge in [-0.3, -0.25) is 4.57 Å². The second-order valence-corrected chi connectivity index (χ2v) is 4.50. The van der Waals surface area contributed by atoms with Crippen molar-refractivity contribution < 1.29 is 0 Å². The zero-order chi connectivity index (χ0) is 11.1. The summed E-state index contributed by atoms with van der Waals surface area (Å²) in [6.45, 7) is 2.01. The van der Waals surface area contributed by atoms with E-state index in [2.05, 4.69) is 26.4 Å². The van der Waals surface area contributed by atoms with E-state index in [0.29, 0.717) is 0 Å². The Morgan fingerprint density at radius 1 is 1.31 bits per heavy atom. The first-order chi connectivity index (χ1) is 7.75. The van der Waals surface area contributed by atoms with Crippen LogP contribution in [0.5, 0.6) is 0 Å². The first-order valence-corrected chi connectivity index (χ1v) is 5.97. The quantitative estimate of drug-likeness (QED) is 0.652. The molecular formula is C12H11N3S. The molecule has 1 aromatic carbocycles. The van der Waals surface area contributed by atoms with Gasteiger partial charge in [0.15, 0.2) is 0 Å². The normalized spacial score (nSPS) is 11.1. The van der Waals surface area contributed by atoms with Crippen LogP contribution in [-0.4, -0.2) is 9.55 Å². The van der Waals surface area contributed by atoms with Gasteiger partial charge in [0.2, 0.25) is 0 Å². The molecular weight excluding hydrogens is 218 g/mol. The van der Waals surface area contributed by atoms with Crippen LogP contribution in [-0.2, 0) is 0 Å². The van der Waals surface area contributed by atoms with E-state index in [1.54, 1.807) is 11.3 Å². The number of fused-ring (bicyclic) bond motifs is 1. The number of rotatable bonds is 1. The molecule has 0 aliphatic rings. The van der Waals surface area contributed by atoms with E-state index in [1.165, 1.54) is 0 Å². The molecule has 0 saturated heterocycles. The van der Waals surface area contributed by atoms with Gasteiger partial charge in [0, 0.05) is 11.1 Å². The minimum atomic E-state index is 0.752. The number of aromatic nitrogens is 2. The fourth-order valence-electron chi connectivity index (χ4n) is 1.93. The lowest BCUT2D eigenvalue weighted by atomic mass is 10.3. The van der Waals surface area contributed by atoms with E-state index in [9.17, 15) is 0 Å². The molecule has 2 aromatic heterocycles. The predicted molar refractivity (Wildman–Crippen MR) is 68.1 cm³/mol. The molecule has 0 amide bonds. The molecule has 0 fully saturated rings. The number of nitrogens with two attached hydrogens (primary N) is 1. The topological polar surface area (TPSA) is 43.8 Å². The fraction of sp³-hybridized carbons (Fsp3) is 0.0833. The van der Waals surface area contributed by atoms with E-state index in [4.69, 9.17) is 5.73 Å². The molecule has 2 heterocycles. The molecule has 3 nitrogen and oxygen atoms in total. The number of benzene rings is 1. The standard InChI is InChI=1S/C12H11N3S/c1-8-14-11-6-9(13)2-3-12(11)15(8)10-4-5-16-7-10/h2-7H,13H2,1H3. The van der Waals surface area contributed by atoms with Crippen LogP contribution in [0.3, 0.4) is 0 Å². The SMILES string of the molecule is Cc1nc2cc(N)ccc2n1-c1ccsc1. The number of imidazole rings is 1. The number of aryl methyl sites for hydroxylation is 1. The Labute approximate surface area is 97.2 Å². The van der Waals surface area contributed by atoms with Gasteiger partial charge in [0.25, 0.3) is 0 Å². The Bertz CT molecular complexity index is 638. The summed E-state index contributed by atoms with van der Waals surface area (Å²) in [5.41, 5.74) is 9.72. The van der Waals surface area contributed by atoms with Crippen molar-refractivity contribution in [1.82, 2.24) is 9.55 Å². The minimum Gasteiger partial charge on any atom is -0.399 e. The maximum atomic E-state index is 5.75. The highest BCUT2D eigenvalue weighted by Crippen LogP contribution is 2.24. The van der Waals surface area contributed by atoms with Crippen molar-refractivity contribution in [3.63, 3.8) is 0 Å². The van der Waals surface area contributed by atoms with Crippen LogP contribution in [0.15, 0.2) is 35.0 Å². The maximum absolute atomic E-state index is 5.75. The van der Waals surface area contributed by atoms with Crippen molar-refractivity contribution >= 4 is 28.1 Å². The molecule has 0 atom stereocenters. The van der Waals surface area contributed by atoms with Gasteiger partial charge in [-0.05, 0) is 36.6 Å². The molecule has 0 radical (unpaired) electrons. The maximum Gasteiger partial charge on any atom is 0.111 e. The average Bonchev–Trinajstić information content (AvgIpc) is 2.83. The largest absolute Gasteiger partial charge is 0.399 e. The van der Waals surface area contributed by atoms with Crippen molar-refractivity contribution in [1.29, 1.82) is 0 Å². The number of anilines is 1. The van der Waals surface area contributed by atoms with Gasteiger partial charge in [-0.15, -0.1) is 0 Å². The second-order valence-electron chi connectivity index (χ2n) is 3.72. The number of hydrogen-bond acceptors (Lipinski definition) is 3. The van der Waals surface area contributed by atoms with E-state index in [0.717, 1.165) is 28.2 Å². The molecule has 0 saturated carbocycles. The van der Waals surface area contributed by atoms with Gasteiger partial charge < -0.3 is 5.73 Å². The van der Waals surface area contributed by atoms with E-state index in [1.807, 2.05) is 25.1 Å². The lowest BCUT2D eigenvalue weighted by molar-refractivity contribution is 1.01. The third-order valence-electron chi connectivity index (χ3n) is 2.61. The summed E-state index contributed by atoms with van der Waals surface area (Å²) in [4.78, 5) is 4.52. The molecule has 0 aliphatic carbocycles. The van der Waals surface area contributed by atoms with E-state index in [-0.39, 0.29) is 0 Å². The van der Waals surface area contributed by atoms with Gasteiger partial charge in [-0.2, -0.15) is 11.3 Å². The number of thiophene rings is 1. The minimum absolute atomic E-state index is 0.752. The van der Waals surface area contributed by atoms with Gasteiger partial charge in [-0.25, -0.2) is 4.98 Å². The van der Waals surface area contributed by atoms with Crippen molar-refractivity contribution in [2.75, 3.05) is 5.73 Å². The van der Waals surface area contributed by atoms with Crippen molar-refractivity contribution in [2.45, 2.75) is 6.92 Å². The summed E-state index contributed by atoms with van der Waals surface area (Å²) in [5, 5.41) is 4.18. The van der Waals surface area contributed by atoms with Crippen molar-refractivity contribution in [3.05, 3.63) is 40.8 Å². The summed E-state index contributed by atoms with van der Waals surface area (Å²) in [6, 6.07) is 7.93. The summed E-state index contributed by atoms with van der Waals surface area (Å²) in [6.07, 6.45) is 0. The van der Waals surface area contributed by atoms with Gasteiger partial charge >= 0.3 is 0 Å². The van der Waals surface area contributed by atoms with Crippen LogP contribution < -0.4 is 5.73 Å². The average molecular weight is 229 g/mol. The Kier molecular flexibility index (Phi) is 1.97. The Morgan fingerprint density at radius 3 is 2.94 bits per heavy atom. The molecule has 0 bridgehead atoms. The molecule has 80 valence electrons. The molecule has 4 heteroatoms. The van der Waals surface area contributed by atoms with E-state index < -0.39 is 0 Å². The lowest BCUT2D eigenvalue weighted by Gasteiger charge is -2.03.